The van der Waals surface area contributed by atoms with Crippen LogP contribution in [0.15, 0.2) is 78.9 Å². The van der Waals surface area contributed by atoms with Crippen LogP contribution in [0.25, 0.3) is 0 Å². The molecule has 0 amide bonds. The summed E-state index contributed by atoms with van der Waals surface area (Å²) in [6.45, 7) is 4.41. The van der Waals surface area contributed by atoms with E-state index in [0.717, 1.165) is 64.6 Å². The van der Waals surface area contributed by atoms with E-state index in [-0.39, 0.29) is 17.9 Å². The number of halogens is 2. The number of phenolic OH excluding ortho intramolecular Hbond substituents is 1. The monoisotopic (exact) mass is 622 g/mol. The van der Waals surface area contributed by atoms with Gasteiger partial charge in [-0.1, -0.05) is 60.8 Å². The Morgan fingerprint density at radius 1 is 0.930 bits per heavy atom. The third-order valence-corrected chi connectivity index (χ3v) is 9.63. The Balaban J connectivity index is 1.29. The molecule has 226 valence electrons. The Labute approximate surface area is 258 Å². The molecule has 1 aliphatic rings. The highest BCUT2D eigenvalue weighted by molar-refractivity contribution is 7.53. The van der Waals surface area contributed by atoms with E-state index in [9.17, 15) is 14.1 Å². The molecule has 2 atom stereocenters. The molecule has 0 unspecified atom stereocenters. The fraction of sp³-hybridized carbons (Fsp3) is 0.314. The second-order valence-corrected chi connectivity index (χ2v) is 13.6. The maximum absolute atomic E-state index is 13.8. The first-order valence-corrected chi connectivity index (χ1v) is 16.7. The Hall–Kier alpha value is -3.15. The molecule has 0 spiro atoms. The number of aryl methyl sites for hydroxylation is 2. The molecule has 8 heteroatoms. The summed E-state index contributed by atoms with van der Waals surface area (Å²) >= 11 is 6.22. The van der Waals surface area contributed by atoms with Crippen LogP contribution in [-0.2, 0) is 26.5 Å². The van der Waals surface area contributed by atoms with Crippen molar-refractivity contribution in [1.82, 2.24) is 0 Å². The fourth-order valence-electron chi connectivity index (χ4n) is 5.48. The first kappa shape index (κ1) is 31.3. The third kappa shape index (κ3) is 8.49. The molecule has 1 fully saturated rings. The van der Waals surface area contributed by atoms with Crippen LogP contribution in [-0.4, -0.2) is 18.1 Å². The zero-order valence-electron chi connectivity index (χ0n) is 24.5. The summed E-state index contributed by atoms with van der Waals surface area (Å²) < 4.78 is 45.2. The molecule has 0 bridgehead atoms. The van der Waals surface area contributed by atoms with Gasteiger partial charge >= 0.3 is 7.60 Å². The second-order valence-electron chi connectivity index (χ2n) is 11.2. The lowest BCUT2D eigenvalue weighted by Crippen LogP contribution is -2.10. The van der Waals surface area contributed by atoms with Gasteiger partial charge in [-0.3, -0.25) is 9.09 Å². The molecular formula is C35H37ClFO5P. The van der Waals surface area contributed by atoms with Crippen molar-refractivity contribution in [3.8, 4) is 11.5 Å². The van der Waals surface area contributed by atoms with E-state index in [4.69, 9.17) is 25.4 Å². The molecule has 0 aromatic heterocycles. The molecule has 4 aromatic carbocycles. The van der Waals surface area contributed by atoms with Gasteiger partial charge < -0.3 is 14.4 Å². The van der Waals surface area contributed by atoms with E-state index < -0.39 is 13.7 Å². The molecular weight excluding hydrogens is 586 g/mol. The average Bonchev–Trinajstić information content (AvgIpc) is 3.07. The zero-order chi connectivity index (χ0) is 30.4. The molecule has 1 N–H and O–H groups in total. The van der Waals surface area contributed by atoms with Crippen LogP contribution in [0.2, 0.25) is 5.02 Å². The standard InChI is InChI=1S/C35H37ClFO5P/c1-24-17-32(40-23-43(39)41-16-5-3-4-9-35(42-43)28-7-6-8-30(36)22-28)18-25(2)33(24)21-27-12-15-34(38)29(20-27)19-26-10-13-31(37)14-11-26/h6-8,10-15,17-18,20,22,35,38H,3-5,9,16,19,21,23H2,1-2H3/t35-,43-/m0/s1. The van der Waals surface area contributed by atoms with Gasteiger partial charge in [-0.05, 0) is 115 Å². The van der Waals surface area contributed by atoms with Gasteiger partial charge in [0.2, 0.25) is 0 Å². The minimum absolute atomic E-state index is 0.187. The highest BCUT2D eigenvalue weighted by Gasteiger charge is 2.32. The largest absolute Gasteiger partial charge is 0.508 e. The van der Waals surface area contributed by atoms with Gasteiger partial charge in [0.15, 0.2) is 6.35 Å². The SMILES string of the molecule is Cc1cc(OC[P@]2(=O)OCCCCC[C@@H](c3cccc(Cl)c3)O2)cc(C)c1Cc1ccc(O)c(Cc2ccc(F)cc2)c1. The van der Waals surface area contributed by atoms with Gasteiger partial charge in [-0.25, -0.2) is 4.39 Å². The average molecular weight is 623 g/mol. The predicted molar refractivity (Wildman–Crippen MR) is 169 cm³/mol. The molecule has 5 nitrogen and oxygen atoms in total. The highest BCUT2D eigenvalue weighted by Crippen LogP contribution is 2.54. The number of rotatable bonds is 8. The lowest BCUT2D eigenvalue weighted by molar-refractivity contribution is 0.135. The third-order valence-electron chi connectivity index (χ3n) is 7.80. The summed E-state index contributed by atoms with van der Waals surface area (Å²) in [5.41, 5.74) is 6.86. The van der Waals surface area contributed by atoms with Gasteiger partial charge in [-0.2, -0.15) is 0 Å². The topological polar surface area (TPSA) is 65.0 Å². The summed E-state index contributed by atoms with van der Waals surface area (Å²) in [7, 11) is -3.56. The lowest BCUT2D eigenvalue weighted by atomic mass is 9.93. The maximum atomic E-state index is 13.8. The van der Waals surface area contributed by atoms with E-state index in [1.165, 1.54) is 12.1 Å². The molecule has 0 radical (unpaired) electrons. The quantitative estimate of drug-likeness (QED) is 0.198. The Kier molecular flexibility index (Phi) is 10.2. The normalized spacial score (nSPS) is 19.3. The molecule has 0 saturated carbocycles. The molecule has 1 saturated heterocycles. The van der Waals surface area contributed by atoms with Crippen molar-refractivity contribution in [3.05, 3.63) is 129 Å². The van der Waals surface area contributed by atoms with E-state index in [1.807, 2.05) is 62.4 Å². The van der Waals surface area contributed by atoms with Crippen molar-refractivity contribution in [1.29, 1.82) is 0 Å². The van der Waals surface area contributed by atoms with E-state index >= 15 is 0 Å². The van der Waals surface area contributed by atoms with Gasteiger partial charge in [0.05, 0.1) is 12.7 Å². The molecule has 1 aliphatic heterocycles. The van der Waals surface area contributed by atoms with Crippen LogP contribution >= 0.6 is 19.2 Å². The first-order chi connectivity index (χ1) is 20.7. The van der Waals surface area contributed by atoms with Crippen LogP contribution in [0, 0.1) is 19.7 Å². The van der Waals surface area contributed by atoms with Crippen molar-refractivity contribution in [2.45, 2.75) is 58.5 Å². The number of hydrogen-bond acceptors (Lipinski definition) is 5. The first-order valence-electron chi connectivity index (χ1n) is 14.6. The van der Waals surface area contributed by atoms with Crippen LogP contribution in [0.1, 0.15) is 70.7 Å². The molecule has 0 aliphatic carbocycles. The maximum Gasteiger partial charge on any atom is 0.368 e. The number of aromatic hydroxyl groups is 1. The lowest BCUT2D eigenvalue weighted by Gasteiger charge is -2.24. The van der Waals surface area contributed by atoms with Crippen LogP contribution in [0.4, 0.5) is 4.39 Å². The summed E-state index contributed by atoms with van der Waals surface area (Å²) in [6, 6.07) is 23.3. The van der Waals surface area contributed by atoms with Gasteiger partial charge in [0.1, 0.15) is 17.3 Å². The van der Waals surface area contributed by atoms with Crippen molar-refractivity contribution in [2.24, 2.45) is 0 Å². The summed E-state index contributed by atoms with van der Waals surface area (Å²) in [4.78, 5) is 0. The minimum Gasteiger partial charge on any atom is -0.508 e. The van der Waals surface area contributed by atoms with Crippen LogP contribution in [0.5, 0.6) is 11.5 Å². The van der Waals surface area contributed by atoms with Crippen molar-refractivity contribution in [3.63, 3.8) is 0 Å². The molecule has 4 aromatic rings. The van der Waals surface area contributed by atoms with Gasteiger partial charge in [-0.15, -0.1) is 0 Å². The van der Waals surface area contributed by atoms with E-state index in [2.05, 4.69) is 0 Å². The van der Waals surface area contributed by atoms with Crippen molar-refractivity contribution >= 4 is 19.2 Å². The minimum atomic E-state index is -3.56. The van der Waals surface area contributed by atoms with Gasteiger partial charge in [0, 0.05) is 11.4 Å². The fourth-order valence-corrected chi connectivity index (χ4v) is 7.20. The van der Waals surface area contributed by atoms with E-state index in [0.29, 0.717) is 30.2 Å². The molecule has 43 heavy (non-hydrogen) atoms. The van der Waals surface area contributed by atoms with Gasteiger partial charge in [0.25, 0.3) is 0 Å². The van der Waals surface area contributed by atoms with E-state index in [1.54, 1.807) is 18.2 Å². The molecule has 1 heterocycles. The van der Waals surface area contributed by atoms with Crippen molar-refractivity contribution in [2.75, 3.05) is 13.0 Å². The summed E-state index contributed by atoms with van der Waals surface area (Å²) in [5.74, 6) is 0.532. The molecule has 5 rings (SSSR count). The van der Waals surface area contributed by atoms with Crippen LogP contribution < -0.4 is 4.74 Å². The highest BCUT2D eigenvalue weighted by atomic mass is 35.5. The zero-order valence-corrected chi connectivity index (χ0v) is 26.2. The Bertz CT molecular complexity index is 1580. The summed E-state index contributed by atoms with van der Waals surface area (Å²) in [6.07, 6.45) is 4.04. The number of hydrogen-bond donors (Lipinski definition) is 1. The van der Waals surface area contributed by atoms with Crippen molar-refractivity contribution < 1.29 is 27.8 Å². The number of phenols is 1. The second kappa shape index (κ2) is 14.1. The van der Waals surface area contributed by atoms with Crippen LogP contribution in [0.3, 0.4) is 0 Å². The summed E-state index contributed by atoms with van der Waals surface area (Å²) in [5, 5.41) is 11.1. The predicted octanol–water partition coefficient (Wildman–Crippen LogP) is 9.86. The smallest absolute Gasteiger partial charge is 0.368 e. The Morgan fingerprint density at radius 3 is 2.42 bits per heavy atom. The number of benzene rings is 4. The number of ether oxygens (including phenoxy) is 1. The Morgan fingerprint density at radius 2 is 1.67 bits per heavy atom.